The van der Waals surface area contributed by atoms with Crippen LogP contribution in [0.2, 0.25) is 5.02 Å². The first-order chi connectivity index (χ1) is 8.54. The molecule has 2 rings (SSSR count). The molecular formula is C13H17ClN2O2. The van der Waals surface area contributed by atoms with E-state index in [0.717, 1.165) is 18.4 Å². The first-order valence-electron chi connectivity index (χ1n) is 6.03. The lowest BCUT2D eigenvalue weighted by molar-refractivity contribution is 0.0443. The number of rotatable bonds is 3. The lowest BCUT2D eigenvalue weighted by Crippen LogP contribution is -2.40. The van der Waals surface area contributed by atoms with Gasteiger partial charge in [0, 0.05) is 17.3 Å². The van der Waals surface area contributed by atoms with Gasteiger partial charge in [-0.1, -0.05) is 17.7 Å². The Balaban J connectivity index is 1.78. The molecule has 0 aromatic heterocycles. The first-order valence-corrected chi connectivity index (χ1v) is 6.41. The van der Waals surface area contributed by atoms with Gasteiger partial charge in [0.05, 0.1) is 6.10 Å². The molecule has 1 aliphatic rings. The summed E-state index contributed by atoms with van der Waals surface area (Å²) in [7, 11) is 0. The van der Waals surface area contributed by atoms with Gasteiger partial charge in [-0.3, -0.25) is 0 Å². The second-order valence-electron chi connectivity index (χ2n) is 4.79. The van der Waals surface area contributed by atoms with Gasteiger partial charge in [0.15, 0.2) is 0 Å². The maximum Gasteiger partial charge on any atom is 0.319 e. The van der Waals surface area contributed by atoms with E-state index in [2.05, 4.69) is 10.6 Å². The second-order valence-corrected chi connectivity index (χ2v) is 5.20. The van der Waals surface area contributed by atoms with Crippen molar-refractivity contribution in [3.63, 3.8) is 0 Å². The van der Waals surface area contributed by atoms with Crippen LogP contribution in [-0.2, 0) is 0 Å². The number of carbonyl (C=O) groups excluding carboxylic acids is 1. The molecule has 2 amide bonds. The van der Waals surface area contributed by atoms with E-state index in [9.17, 15) is 4.79 Å². The van der Waals surface area contributed by atoms with Gasteiger partial charge in [-0.2, -0.15) is 0 Å². The summed E-state index contributed by atoms with van der Waals surface area (Å²) in [6.07, 6.45) is 1.36. The third-order valence-electron chi connectivity index (χ3n) is 3.19. The first kappa shape index (κ1) is 13.2. The Morgan fingerprint density at radius 1 is 1.50 bits per heavy atom. The van der Waals surface area contributed by atoms with Crippen molar-refractivity contribution >= 4 is 23.3 Å². The fourth-order valence-corrected chi connectivity index (χ4v) is 2.13. The van der Waals surface area contributed by atoms with Crippen LogP contribution >= 0.6 is 11.6 Å². The molecule has 98 valence electrons. The van der Waals surface area contributed by atoms with E-state index in [1.165, 1.54) is 0 Å². The molecule has 4 nitrogen and oxygen atoms in total. The zero-order chi connectivity index (χ0) is 13.1. The van der Waals surface area contributed by atoms with Crippen molar-refractivity contribution in [3.05, 3.63) is 28.8 Å². The predicted octanol–water partition coefficient (Wildman–Crippen LogP) is 2.54. The monoisotopic (exact) mass is 268 g/mol. The number of halogens is 1. The van der Waals surface area contributed by atoms with Gasteiger partial charge < -0.3 is 15.7 Å². The molecule has 0 unspecified atom stereocenters. The summed E-state index contributed by atoms with van der Waals surface area (Å²) in [5, 5.41) is 15.3. The quantitative estimate of drug-likeness (QED) is 0.789. The van der Waals surface area contributed by atoms with Gasteiger partial charge in [-0.05, 0) is 43.4 Å². The SMILES string of the molecule is Cc1ccc(NC(=O)NCC2CC(O)C2)cc1Cl. The summed E-state index contributed by atoms with van der Waals surface area (Å²) < 4.78 is 0. The largest absolute Gasteiger partial charge is 0.393 e. The Labute approximate surface area is 111 Å². The lowest BCUT2D eigenvalue weighted by Gasteiger charge is -2.31. The van der Waals surface area contributed by atoms with Crippen LogP contribution in [0.25, 0.3) is 0 Å². The Hall–Kier alpha value is -1.26. The topological polar surface area (TPSA) is 61.4 Å². The third kappa shape index (κ3) is 3.37. The number of hydrogen-bond acceptors (Lipinski definition) is 2. The molecule has 18 heavy (non-hydrogen) atoms. The number of hydrogen-bond donors (Lipinski definition) is 3. The van der Waals surface area contributed by atoms with Gasteiger partial charge in [-0.15, -0.1) is 0 Å². The van der Waals surface area contributed by atoms with Crippen molar-refractivity contribution in [1.29, 1.82) is 0 Å². The molecule has 0 spiro atoms. The summed E-state index contributed by atoms with van der Waals surface area (Å²) in [5.41, 5.74) is 1.66. The zero-order valence-corrected chi connectivity index (χ0v) is 11.0. The number of carbonyl (C=O) groups is 1. The average Bonchev–Trinajstić information content (AvgIpc) is 2.28. The molecule has 1 fully saturated rings. The minimum absolute atomic E-state index is 0.184. The van der Waals surface area contributed by atoms with Crippen molar-refractivity contribution < 1.29 is 9.90 Å². The number of benzene rings is 1. The Kier molecular flexibility index (Phi) is 4.09. The van der Waals surface area contributed by atoms with Crippen LogP contribution in [0.5, 0.6) is 0 Å². The fraction of sp³-hybridized carbons (Fsp3) is 0.462. The smallest absolute Gasteiger partial charge is 0.319 e. The van der Waals surface area contributed by atoms with Gasteiger partial charge in [0.25, 0.3) is 0 Å². The highest BCUT2D eigenvalue weighted by molar-refractivity contribution is 6.31. The number of anilines is 1. The highest BCUT2D eigenvalue weighted by atomic mass is 35.5. The van der Waals surface area contributed by atoms with E-state index >= 15 is 0 Å². The summed E-state index contributed by atoms with van der Waals surface area (Å²) >= 11 is 5.97. The number of aryl methyl sites for hydroxylation is 1. The van der Waals surface area contributed by atoms with Crippen molar-refractivity contribution in [2.24, 2.45) is 5.92 Å². The lowest BCUT2D eigenvalue weighted by atomic mass is 9.82. The van der Waals surface area contributed by atoms with Crippen molar-refractivity contribution in [2.45, 2.75) is 25.9 Å². The molecule has 5 heteroatoms. The summed E-state index contributed by atoms with van der Waals surface area (Å²) in [6, 6.07) is 5.16. The summed E-state index contributed by atoms with van der Waals surface area (Å²) in [5.74, 6) is 0.396. The summed E-state index contributed by atoms with van der Waals surface area (Å²) in [4.78, 5) is 11.6. The van der Waals surface area contributed by atoms with Crippen molar-refractivity contribution in [2.75, 3.05) is 11.9 Å². The molecule has 1 saturated carbocycles. The molecule has 1 aliphatic carbocycles. The Morgan fingerprint density at radius 2 is 2.22 bits per heavy atom. The normalized spacial score (nSPS) is 22.2. The number of aliphatic hydroxyl groups excluding tert-OH is 1. The molecule has 0 aliphatic heterocycles. The Bertz CT molecular complexity index is 445. The van der Waals surface area contributed by atoms with Gasteiger partial charge in [-0.25, -0.2) is 4.79 Å². The van der Waals surface area contributed by atoms with Gasteiger partial charge in [0.1, 0.15) is 0 Å². The molecule has 0 atom stereocenters. The van der Waals surface area contributed by atoms with Crippen molar-refractivity contribution in [3.8, 4) is 0 Å². The highest BCUT2D eigenvalue weighted by Gasteiger charge is 2.27. The number of amides is 2. The maximum atomic E-state index is 11.6. The van der Waals surface area contributed by atoms with Crippen LogP contribution in [0, 0.1) is 12.8 Å². The molecule has 0 bridgehead atoms. The third-order valence-corrected chi connectivity index (χ3v) is 3.60. The average molecular weight is 269 g/mol. The number of urea groups is 1. The molecule has 0 radical (unpaired) electrons. The number of nitrogens with one attached hydrogen (secondary N) is 2. The minimum Gasteiger partial charge on any atom is -0.393 e. The van der Waals surface area contributed by atoms with Crippen molar-refractivity contribution in [1.82, 2.24) is 5.32 Å². The summed E-state index contributed by atoms with van der Waals surface area (Å²) in [6.45, 7) is 2.51. The second kappa shape index (κ2) is 5.59. The predicted molar refractivity (Wildman–Crippen MR) is 71.9 cm³/mol. The van der Waals surface area contributed by atoms with Gasteiger partial charge in [0.2, 0.25) is 0 Å². The minimum atomic E-state index is -0.240. The number of aliphatic hydroxyl groups is 1. The molecule has 0 saturated heterocycles. The van der Waals surface area contributed by atoms with Crippen LogP contribution in [0.15, 0.2) is 18.2 Å². The van der Waals surface area contributed by atoms with E-state index in [1.54, 1.807) is 6.07 Å². The Morgan fingerprint density at radius 3 is 2.83 bits per heavy atom. The van der Waals surface area contributed by atoms with E-state index < -0.39 is 0 Å². The van der Waals surface area contributed by atoms with Crippen LogP contribution in [0.3, 0.4) is 0 Å². The fourth-order valence-electron chi connectivity index (χ4n) is 1.95. The van der Waals surface area contributed by atoms with Crippen LogP contribution in [0.1, 0.15) is 18.4 Å². The standard InChI is InChI=1S/C13H17ClN2O2/c1-8-2-3-10(6-12(8)14)16-13(18)15-7-9-4-11(17)5-9/h2-3,6,9,11,17H,4-5,7H2,1H3,(H2,15,16,18). The van der Waals surface area contributed by atoms with E-state index in [4.69, 9.17) is 16.7 Å². The zero-order valence-electron chi connectivity index (χ0n) is 10.2. The molecule has 0 heterocycles. The van der Waals surface area contributed by atoms with Crippen LogP contribution < -0.4 is 10.6 Å². The van der Waals surface area contributed by atoms with E-state index in [0.29, 0.717) is 23.2 Å². The van der Waals surface area contributed by atoms with E-state index in [-0.39, 0.29) is 12.1 Å². The maximum absolute atomic E-state index is 11.6. The molecule has 3 N–H and O–H groups in total. The highest BCUT2D eigenvalue weighted by Crippen LogP contribution is 2.26. The molecular weight excluding hydrogens is 252 g/mol. The van der Waals surface area contributed by atoms with Crippen LogP contribution in [0.4, 0.5) is 10.5 Å². The molecule has 1 aromatic carbocycles. The van der Waals surface area contributed by atoms with Crippen LogP contribution in [-0.4, -0.2) is 23.8 Å². The van der Waals surface area contributed by atoms with Gasteiger partial charge >= 0.3 is 6.03 Å². The molecule has 1 aromatic rings. The van der Waals surface area contributed by atoms with E-state index in [1.807, 2.05) is 19.1 Å².